The summed E-state index contributed by atoms with van der Waals surface area (Å²) < 4.78 is 0. The Labute approximate surface area is 162 Å². The van der Waals surface area contributed by atoms with E-state index in [0.717, 1.165) is 12.8 Å². The standard InChI is InChI=1S/2C10H15.2ClH.Zr/c2*1-3-4-5-10-7-6-9(2)8-10;;;/h2*7H,3-6H2,1-2H3;2*1H;/q2*-1;;;+4/p-2. The molecule has 0 saturated heterocycles. The van der Waals surface area contributed by atoms with Crippen LogP contribution in [0, 0.1) is 12.2 Å². The minimum absolute atomic E-state index is 0.826. The predicted octanol–water partition coefficient (Wildman–Crippen LogP) is 7.89. The average molecular weight is 433 g/mol. The van der Waals surface area contributed by atoms with Gasteiger partial charge < -0.3 is 0 Å². The van der Waals surface area contributed by atoms with E-state index in [1.807, 2.05) is 0 Å². The molecule has 0 spiro atoms. The van der Waals surface area contributed by atoms with Crippen molar-refractivity contribution in [3.8, 4) is 0 Å². The van der Waals surface area contributed by atoms with Crippen molar-refractivity contribution in [3.05, 3.63) is 46.6 Å². The molecule has 0 atom stereocenters. The Hall–Kier alpha value is 0.423. The summed E-state index contributed by atoms with van der Waals surface area (Å²) in [7, 11) is 9.87. The SMILES string of the molecule is CCCCC1=CCC(C)=[C-]1.CCCCC1=CCC(C)=[C-]1.[Cl][Zr+2][Cl]. The van der Waals surface area contributed by atoms with Crippen molar-refractivity contribution in [2.45, 2.75) is 79.1 Å². The van der Waals surface area contributed by atoms with Crippen LogP contribution in [0.1, 0.15) is 79.1 Å². The third kappa shape index (κ3) is 13.4. The van der Waals surface area contributed by atoms with E-state index >= 15 is 0 Å². The van der Waals surface area contributed by atoms with Gasteiger partial charge in [0.1, 0.15) is 0 Å². The van der Waals surface area contributed by atoms with Gasteiger partial charge >= 0.3 is 37.9 Å². The Morgan fingerprint density at radius 1 is 0.870 bits per heavy atom. The molecule has 0 radical (unpaired) electrons. The normalized spacial score (nSPS) is 15.2. The summed E-state index contributed by atoms with van der Waals surface area (Å²) >= 11 is -0.826. The van der Waals surface area contributed by atoms with E-state index in [1.54, 1.807) is 0 Å². The molecule has 128 valence electrons. The molecule has 2 aliphatic carbocycles. The molecule has 0 N–H and O–H groups in total. The zero-order chi connectivity index (χ0) is 17.5. The molecule has 23 heavy (non-hydrogen) atoms. The summed E-state index contributed by atoms with van der Waals surface area (Å²) in [6.07, 6.45) is 21.3. The molecule has 0 fully saturated rings. The maximum atomic E-state index is 4.93. The quantitative estimate of drug-likeness (QED) is 0.374. The van der Waals surface area contributed by atoms with E-state index in [-0.39, 0.29) is 0 Å². The first kappa shape index (κ1) is 23.4. The minimum atomic E-state index is -0.826. The second-order valence-electron chi connectivity index (χ2n) is 5.96. The van der Waals surface area contributed by atoms with E-state index in [9.17, 15) is 0 Å². The van der Waals surface area contributed by atoms with Gasteiger partial charge in [0.15, 0.2) is 0 Å². The predicted molar refractivity (Wildman–Crippen MR) is 101 cm³/mol. The molecule has 0 aliphatic heterocycles. The molecule has 2 rings (SSSR count). The summed E-state index contributed by atoms with van der Waals surface area (Å²) in [6, 6.07) is 0. The van der Waals surface area contributed by atoms with Crippen molar-refractivity contribution in [1.82, 2.24) is 0 Å². The number of hydrogen-bond donors (Lipinski definition) is 0. The number of halogens is 2. The molecule has 0 aromatic carbocycles. The van der Waals surface area contributed by atoms with Crippen LogP contribution in [0.25, 0.3) is 0 Å². The fourth-order valence-electron chi connectivity index (χ4n) is 2.37. The Kier molecular flexibility index (Phi) is 16.2. The molecule has 3 heteroatoms. The first-order valence-corrected chi connectivity index (χ1v) is 14.9. The molecule has 0 aromatic rings. The first-order valence-electron chi connectivity index (χ1n) is 8.60. The van der Waals surface area contributed by atoms with Crippen LogP contribution in [0.2, 0.25) is 0 Å². The first-order chi connectivity index (χ1) is 11.1. The molecule has 0 bridgehead atoms. The van der Waals surface area contributed by atoms with Gasteiger partial charge in [0, 0.05) is 0 Å². The van der Waals surface area contributed by atoms with Crippen LogP contribution in [0.15, 0.2) is 34.4 Å². The third-order valence-electron chi connectivity index (χ3n) is 3.66. The third-order valence-corrected chi connectivity index (χ3v) is 3.66. The summed E-state index contributed by atoms with van der Waals surface area (Å²) in [5.41, 5.74) is 5.65. The number of allylic oxidation sites excluding steroid dienone is 8. The second-order valence-corrected chi connectivity index (χ2v) is 9.69. The molecular weight excluding hydrogens is 402 g/mol. The second kappa shape index (κ2) is 15.9. The summed E-state index contributed by atoms with van der Waals surface area (Å²) in [5, 5.41) is 0. The van der Waals surface area contributed by atoms with Gasteiger partial charge in [-0.3, -0.25) is 0 Å². The Morgan fingerprint density at radius 3 is 1.43 bits per heavy atom. The maximum absolute atomic E-state index is 4.93. The molecule has 0 amide bonds. The van der Waals surface area contributed by atoms with Gasteiger partial charge in [0.2, 0.25) is 0 Å². The van der Waals surface area contributed by atoms with Gasteiger partial charge in [0.05, 0.1) is 0 Å². The molecule has 0 saturated carbocycles. The Balaban J connectivity index is 0.000000360. The van der Waals surface area contributed by atoms with Gasteiger partial charge in [-0.1, -0.05) is 79.1 Å². The molecule has 2 aliphatic rings. The Bertz CT molecular complexity index is 391. The summed E-state index contributed by atoms with van der Waals surface area (Å²) in [6.45, 7) is 8.75. The fourth-order valence-corrected chi connectivity index (χ4v) is 2.37. The van der Waals surface area contributed by atoms with Gasteiger partial charge in [0.25, 0.3) is 0 Å². The number of unbranched alkanes of at least 4 members (excludes halogenated alkanes) is 2. The van der Waals surface area contributed by atoms with Crippen molar-refractivity contribution in [2.75, 3.05) is 0 Å². The topological polar surface area (TPSA) is 0 Å². The van der Waals surface area contributed by atoms with Gasteiger partial charge in [-0.2, -0.15) is 11.1 Å². The van der Waals surface area contributed by atoms with Crippen LogP contribution < -0.4 is 0 Å². The van der Waals surface area contributed by atoms with Crippen molar-refractivity contribution in [3.63, 3.8) is 0 Å². The van der Waals surface area contributed by atoms with Crippen LogP contribution in [-0.4, -0.2) is 0 Å². The molecule has 0 nitrogen and oxygen atoms in total. The van der Waals surface area contributed by atoms with Crippen molar-refractivity contribution in [2.24, 2.45) is 0 Å². The number of rotatable bonds is 6. The zero-order valence-electron chi connectivity index (χ0n) is 15.1. The van der Waals surface area contributed by atoms with Crippen molar-refractivity contribution in [1.29, 1.82) is 0 Å². The van der Waals surface area contributed by atoms with Gasteiger partial charge in [-0.25, -0.2) is 35.5 Å². The monoisotopic (exact) mass is 430 g/mol. The van der Waals surface area contributed by atoms with E-state index < -0.39 is 20.8 Å². The fraction of sp³-hybridized carbons (Fsp3) is 0.600. The van der Waals surface area contributed by atoms with E-state index in [4.69, 9.17) is 17.0 Å². The van der Waals surface area contributed by atoms with Crippen LogP contribution >= 0.6 is 17.0 Å². The average Bonchev–Trinajstić information content (AvgIpc) is 3.13. The van der Waals surface area contributed by atoms with Crippen LogP contribution in [0.3, 0.4) is 0 Å². The summed E-state index contributed by atoms with van der Waals surface area (Å²) in [4.78, 5) is 0. The van der Waals surface area contributed by atoms with E-state index in [2.05, 4.69) is 52.0 Å². The Morgan fingerprint density at radius 2 is 1.22 bits per heavy atom. The van der Waals surface area contributed by atoms with Gasteiger partial charge in [-0.05, 0) is 0 Å². The van der Waals surface area contributed by atoms with Crippen molar-refractivity contribution >= 4 is 17.0 Å². The van der Waals surface area contributed by atoms with Crippen molar-refractivity contribution < 1.29 is 20.8 Å². The van der Waals surface area contributed by atoms with E-state index in [1.165, 1.54) is 60.8 Å². The molecule has 0 aromatic heterocycles. The molecule has 0 heterocycles. The van der Waals surface area contributed by atoms with E-state index in [0.29, 0.717) is 0 Å². The molecule has 0 unspecified atom stereocenters. The van der Waals surface area contributed by atoms with Gasteiger partial charge in [-0.15, -0.1) is 0 Å². The number of hydrogen-bond acceptors (Lipinski definition) is 0. The van der Waals surface area contributed by atoms with Crippen LogP contribution in [0.4, 0.5) is 0 Å². The van der Waals surface area contributed by atoms with Crippen LogP contribution in [0.5, 0.6) is 0 Å². The zero-order valence-corrected chi connectivity index (χ0v) is 19.0. The van der Waals surface area contributed by atoms with Crippen LogP contribution in [-0.2, 0) is 20.8 Å². The summed E-state index contributed by atoms with van der Waals surface area (Å²) in [5.74, 6) is 0. The molecular formula is C20H30Cl2Zr.